The highest BCUT2D eigenvalue weighted by Gasteiger charge is 2.21. The molecule has 2 aromatic rings. The van der Waals surface area contributed by atoms with Crippen LogP contribution in [0.3, 0.4) is 0 Å². The van der Waals surface area contributed by atoms with E-state index >= 15 is 0 Å². The fourth-order valence-corrected chi connectivity index (χ4v) is 2.28. The molecule has 1 saturated carbocycles. The Balaban J connectivity index is 1.54. The van der Waals surface area contributed by atoms with Gasteiger partial charge in [0, 0.05) is 18.8 Å². The Morgan fingerprint density at radius 1 is 1.05 bits per heavy atom. The summed E-state index contributed by atoms with van der Waals surface area (Å²) in [6.45, 7) is 1.86. The lowest BCUT2D eigenvalue weighted by Crippen LogP contribution is -2.21. The van der Waals surface area contributed by atoms with E-state index in [2.05, 4.69) is 10.9 Å². The molecule has 0 unspecified atom stereocenters. The standard InChI is InChI=1S/C18H21FN2O/c19-17-9-8-15(11-20-21-18-4-2-1-3-5-18)16(10-17)13-22-12-14-6-7-14/h1-5,8-10,14,20-21H,6-7,11-13H2. The number of hydrazine groups is 1. The lowest BCUT2D eigenvalue weighted by Gasteiger charge is -2.13. The predicted molar refractivity (Wildman–Crippen MR) is 85.7 cm³/mol. The molecule has 0 bridgehead atoms. The third-order valence-corrected chi connectivity index (χ3v) is 3.76. The molecule has 1 aliphatic carbocycles. The fourth-order valence-electron chi connectivity index (χ4n) is 2.28. The third-order valence-electron chi connectivity index (χ3n) is 3.76. The Morgan fingerprint density at radius 2 is 1.86 bits per heavy atom. The highest BCUT2D eigenvalue weighted by atomic mass is 19.1. The average molecular weight is 300 g/mol. The Hall–Kier alpha value is -1.91. The van der Waals surface area contributed by atoms with Crippen LogP contribution < -0.4 is 10.9 Å². The zero-order chi connectivity index (χ0) is 15.2. The van der Waals surface area contributed by atoms with Gasteiger partial charge in [0.1, 0.15) is 5.82 Å². The summed E-state index contributed by atoms with van der Waals surface area (Å²) in [5.41, 5.74) is 9.24. The van der Waals surface area contributed by atoms with Crippen molar-refractivity contribution in [1.82, 2.24) is 5.43 Å². The number of anilines is 1. The normalized spacial score (nSPS) is 14.0. The largest absolute Gasteiger partial charge is 0.376 e. The SMILES string of the molecule is Fc1ccc(CNNc2ccccc2)c(COCC2CC2)c1. The molecule has 1 aliphatic rings. The minimum absolute atomic E-state index is 0.218. The molecule has 0 amide bonds. The number of nitrogens with one attached hydrogen (secondary N) is 2. The van der Waals surface area contributed by atoms with Crippen LogP contribution in [-0.4, -0.2) is 6.61 Å². The summed E-state index contributed by atoms with van der Waals surface area (Å²) in [4.78, 5) is 0. The van der Waals surface area contributed by atoms with E-state index in [-0.39, 0.29) is 5.82 Å². The van der Waals surface area contributed by atoms with Crippen molar-refractivity contribution in [3.8, 4) is 0 Å². The number of hydrogen-bond donors (Lipinski definition) is 2. The lowest BCUT2D eigenvalue weighted by atomic mass is 10.1. The number of ether oxygens (including phenoxy) is 1. The molecule has 0 atom stereocenters. The molecular formula is C18H21FN2O. The average Bonchev–Trinajstić information content (AvgIpc) is 3.35. The molecule has 0 radical (unpaired) electrons. The molecule has 0 saturated heterocycles. The van der Waals surface area contributed by atoms with Crippen molar-refractivity contribution in [1.29, 1.82) is 0 Å². The monoisotopic (exact) mass is 300 g/mol. The van der Waals surface area contributed by atoms with Crippen LogP contribution in [0.15, 0.2) is 48.5 Å². The quantitative estimate of drug-likeness (QED) is 0.726. The molecule has 0 heterocycles. The number of benzene rings is 2. The maximum absolute atomic E-state index is 13.4. The van der Waals surface area contributed by atoms with Gasteiger partial charge in [-0.2, -0.15) is 0 Å². The van der Waals surface area contributed by atoms with Gasteiger partial charge in [0.15, 0.2) is 0 Å². The number of hydrogen-bond acceptors (Lipinski definition) is 3. The van der Waals surface area contributed by atoms with Gasteiger partial charge in [0.25, 0.3) is 0 Å². The summed E-state index contributed by atoms with van der Waals surface area (Å²) < 4.78 is 19.1. The first-order valence-electron chi connectivity index (χ1n) is 7.70. The number of halogens is 1. The summed E-state index contributed by atoms with van der Waals surface area (Å²) in [7, 11) is 0. The van der Waals surface area contributed by atoms with Crippen molar-refractivity contribution in [3.63, 3.8) is 0 Å². The summed E-state index contributed by atoms with van der Waals surface area (Å²) in [5.74, 6) is 0.500. The second-order valence-electron chi connectivity index (χ2n) is 5.72. The van der Waals surface area contributed by atoms with Gasteiger partial charge < -0.3 is 10.2 Å². The lowest BCUT2D eigenvalue weighted by molar-refractivity contribution is 0.110. The van der Waals surface area contributed by atoms with Gasteiger partial charge in [-0.3, -0.25) is 0 Å². The molecule has 0 aliphatic heterocycles. The van der Waals surface area contributed by atoms with Crippen LogP contribution >= 0.6 is 0 Å². The van der Waals surface area contributed by atoms with Crippen molar-refractivity contribution >= 4 is 5.69 Å². The number of rotatable bonds is 8. The zero-order valence-corrected chi connectivity index (χ0v) is 12.5. The highest BCUT2D eigenvalue weighted by Crippen LogP contribution is 2.29. The molecule has 1 fully saturated rings. The first-order valence-corrected chi connectivity index (χ1v) is 7.70. The van der Waals surface area contributed by atoms with Crippen LogP contribution in [0.1, 0.15) is 24.0 Å². The van der Waals surface area contributed by atoms with Gasteiger partial charge >= 0.3 is 0 Å². The molecule has 0 spiro atoms. The smallest absolute Gasteiger partial charge is 0.123 e. The Morgan fingerprint density at radius 3 is 2.64 bits per heavy atom. The van der Waals surface area contributed by atoms with E-state index in [1.807, 2.05) is 36.4 Å². The van der Waals surface area contributed by atoms with Gasteiger partial charge in [-0.15, -0.1) is 0 Å². The van der Waals surface area contributed by atoms with Crippen LogP contribution in [-0.2, 0) is 17.9 Å². The van der Waals surface area contributed by atoms with Gasteiger partial charge in [-0.25, -0.2) is 9.82 Å². The Labute approximate surface area is 130 Å². The van der Waals surface area contributed by atoms with E-state index in [4.69, 9.17) is 4.74 Å². The molecule has 116 valence electrons. The van der Waals surface area contributed by atoms with Crippen LogP contribution in [0.4, 0.5) is 10.1 Å². The van der Waals surface area contributed by atoms with E-state index in [1.165, 1.54) is 18.9 Å². The maximum Gasteiger partial charge on any atom is 0.123 e. The third kappa shape index (κ3) is 4.55. The van der Waals surface area contributed by atoms with Gasteiger partial charge in [-0.05, 0) is 54.2 Å². The molecule has 0 aromatic heterocycles. The van der Waals surface area contributed by atoms with E-state index in [0.717, 1.165) is 29.3 Å². The number of para-hydroxylation sites is 1. The molecule has 2 N–H and O–H groups in total. The van der Waals surface area contributed by atoms with Crippen molar-refractivity contribution in [2.45, 2.75) is 26.0 Å². The van der Waals surface area contributed by atoms with Crippen LogP contribution in [0, 0.1) is 11.7 Å². The molecule has 22 heavy (non-hydrogen) atoms. The van der Waals surface area contributed by atoms with Crippen molar-refractivity contribution in [2.24, 2.45) is 5.92 Å². The van der Waals surface area contributed by atoms with E-state index < -0.39 is 0 Å². The predicted octanol–water partition coefficient (Wildman–Crippen LogP) is 3.87. The van der Waals surface area contributed by atoms with Crippen molar-refractivity contribution in [3.05, 3.63) is 65.5 Å². The van der Waals surface area contributed by atoms with Gasteiger partial charge in [0.05, 0.1) is 6.61 Å². The minimum Gasteiger partial charge on any atom is -0.376 e. The first-order chi connectivity index (χ1) is 10.8. The molecule has 3 rings (SSSR count). The van der Waals surface area contributed by atoms with Crippen LogP contribution in [0.5, 0.6) is 0 Å². The zero-order valence-electron chi connectivity index (χ0n) is 12.5. The summed E-state index contributed by atoms with van der Waals surface area (Å²) in [5, 5.41) is 0. The van der Waals surface area contributed by atoms with E-state index in [0.29, 0.717) is 13.2 Å². The van der Waals surface area contributed by atoms with Crippen LogP contribution in [0.2, 0.25) is 0 Å². The highest BCUT2D eigenvalue weighted by molar-refractivity contribution is 5.41. The second-order valence-corrected chi connectivity index (χ2v) is 5.72. The molecule has 2 aromatic carbocycles. The summed E-state index contributed by atoms with van der Waals surface area (Å²) in [6.07, 6.45) is 2.52. The van der Waals surface area contributed by atoms with Gasteiger partial charge in [0.2, 0.25) is 0 Å². The topological polar surface area (TPSA) is 33.3 Å². The van der Waals surface area contributed by atoms with Crippen LogP contribution in [0.25, 0.3) is 0 Å². The van der Waals surface area contributed by atoms with Crippen molar-refractivity contribution in [2.75, 3.05) is 12.0 Å². The van der Waals surface area contributed by atoms with Crippen molar-refractivity contribution < 1.29 is 9.13 Å². The molecule has 3 nitrogen and oxygen atoms in total. The summed E-state index contributed by atoms with van der Waals surface area (Å²) >= 11 is 0. The molecular weight excluding hydrogens is 279 g/mol. The fraction of sp³-hybridized carbons (Fsp3) is 0.333. The first kappa shape index (κ1) is 15.0. The second kappa shape index (κ2) is 7.38. The molecule has 4 heteroatoms. The Bertz CT molecular complexity index is 599. The van der Waals surface area contributed by atoms with E-state index in [9.17, 15) is 4.39 Å². The summed E-state index contributed by atoms with van der Waals surface area (Å²) in [6, 6.07) is 14.7. The maximum atomic E-state index is 13.4. The van der Waals surface area contributed by atoms with E-state index in [1.54, 1.807) is 6.07 Å². The van der Waals surface area contributed by atoms with Gasteiger partial charge in [-0.1, -0.05) is 24.3 Å². The Kier molecular flexibility index (Phi) is 5.03. The minimum atomic E-state index is -0.218.